The summed E-state index contributed by atoms with van der Waals surface area (Å²) in [5.74, 6) is 0.433. The predicted molar refractivity (Wildman–Crippen MR) is 110 cm³/mol. The van der Waals surface area contributed by atoms with Crippen molar-refractivity contribution in [3.8, 4) is 11.6 Å². The fourth-order valence-corrected chi connectivity index (χ4v) is 4.08. The first kappa shape index (κ1) is 22.1. The third kappa shape index (κ3) is 3.79. The minimum Gasteiger partial charge on any atom is -0.490 e. The lowest BCUT2D eigenvalue weighted by Gasteiger charge is -2.33. The highest BCUT2D eigenvalue weighted by Crippen LogP contribution is 2.38. The number of rotatable bonds is 4. The van der Waals surface area contributed by atoms with E-state index in [2.05, 4.69) is 15.3 Å². The number of hydrogen-bond donors (Lipinski definition) is 0. The maximum atomic E-state index is 13.2. The van der Waals surface area contributed by atoms with Crippen LogP contribution in [0.1, 0.15) is 47.2 Å². The Balaban J connectivity index is 1.67. The molecule has 2 aromatic heterocycles. The van der Waals surface area contributed by atoms with Crippen LogP contribution >= 0.6 is 11.6 Å². The molecule has 1 atom stereocenters. The van der Waals surface area contributed by atoms with Gasteiger partial charge in [-0.2, -0.15) is 17.9 Å². The maximum Gasteiger partial charge on any atom is 0.417 e. The molecule has 0 aliphatic carbocycles. The van der Waals surface area contributed by atoms with Gasteiger partial charge >= 0.3 is 6.18 Å². The minimum absolute atomic E-state index is 0.201. The second kappa shape index (κ2) is 8.42. The molecule has 1 aliphatic heterocycles. The lowest BCUT2D eigenvalue weighted by Crippen LogP contribution is -2.39. The quantitative estimate of drug-likeness (QED) is 0.567. The standard InChI is InChI=1S/C21H19ClF3N5O2/c1-3-32-16-8-5-10-26-19(16)30-15-9-11-29(12(2)18(15)27-28-30)20(31)13-6-4-7-14(17(13)22)21(23,24)25/h4-8,10,12H,3,9,11H2,1-2H3/t12-/m1/s1. The number of hydrogen-bond acceptors (Lipinski definition) is 5. The van der Waals surface area contributed by atoms with Gasteiger partial charge < -0.3 is 9.64 Å². The largest absolute Gasteiger partial charge is 0.490 e. The first-order valence-electron chi connectivity index (χ1n) is 9.93. The van der Waals surface area contributed by atoms with Gasteiger partial charge in [0.2, 0.25) is 0 Å². The Kier molecular flexibility index (Phi) is 5.81. The molecule has 3 aromatic rings. The molecular weight excluding hydrogens is 447 g/mol. The third-order valence-corrected chi connectivity index (χ3v) is 5.70. The molecule has 1 amide bonds. The molecule has 32 heavy (non-hydrogen) atoms. The van der Waals surface area contributed by atoms with Crippen molar-refractivity contribution in [2.24, 2.45) is 0 Å². The number of aromatic nitrogens is 4. The molecule has 0 N–H and O–H groups in total. The summed E-state index contributed by atoms with van der Waals surface area (Å²) in [5.41, 5.74) is 0.0598. The van der Waals surface area contributed by atoms with Crippen molar-refractivity contribution < 1.29 is 22.7 Å². The Morgan fingerprint density at radius 3 is 2.78 bits per heavy atom. The number of alkyl halides is 3. The second-order valence-electron chi connectivity index (χ2n) is 7.18. The summed E-state index contributed by atoms with van der Waals surface area (Å²) in [6.07, 6.45) is -2.65. The van der Waals surface area contributed by atoms with Crippen LogP contribution in [0.5, 0.6) is 5.75 Å². The predicted octanol–water partition coefficient (Wildman–Crippen LogP) is 4.49. The minimum atomic E-state index is -4.66. The molecule has 168 valence electrons. The zero-order valence-corrected chi connectivity index (χ0v) is 18.0. The zero-order chi connectivity index (χ0) is 23.0. The van der Waals surface area contributed by atoms with Gasteiger partial charge in [-0.15, -0.1) is 5.10 Å². The van der Waals surface area contributed by atoms with E-state index in [-0.39, 0.29) is 12.1 Å². The van der Waals surface area contributed by atoms with Crippen LogP contribution in [0.15, 0.2) is 36.5 Å². The highest BCUT2D eigenvalue weighted by Gasteiger charge is 2.38. The zero-order valence-electron chi connectivity index (χ0n) is 17.2. The van der Waals surface area contributed by atoms with E-state index in [0.29, 0.717) is 30.3 Å². The van der Waals surface area contributed by atoms with Gasteiger partial charge in [-0.1, -0.05) is 22.9 Å². The Morgan fingerprint density at radius 1 is 1.28 bits per heavy atom. The number of benzene rings is 1. The second-order valence-corrected chi connectivity index (χ2v) is 7.56. The summed E-state index contributed by atoms with van der Waals surface area (Å²) in [4.78, 5) is 18.9. The van der Waals surface area contributed by atoms with Crippen molar-refractivity contribution in [1.82, 2.24) is 24.9 Å². The van der Waals surface area contributed by atoms with Gasteiger partial charge in [-0.3, -0.25) is 4.79 Å². The van der Waals surface area contributed by atoms with Crippen LogP contribution in [0.2, 0.25) is 5.02 Å². The number of halogens is 4. The molecule has 1 aromatic carbocycles. The molecule has 0 unspecified atom stereocenters. The molecule has 0 fully saturated rings. The number of nitrogens with zero attached hydrogens (tertiary/aromatic N) is 5. The lowest BCUT2D eigenvalue weighted by molar-refractivity contribution is -0.137. The highest BCUT2D eigenvalue weighted by atomic mass is 35.5. The molecule has 0 saturated heterocycles. The van der Waals surface area contributed by atoms with Gasteiger partial charge in [0.05, 0.1) is 34.5 Å². The van der Waals surface area contributed by atoms with Crippen LogP contribution < -0.4 is 4.74 Å². The van der Waals surface area contributed by atoms with E-state index >= 15 is 0 Å². The van der Waals surface area contributed by atoms with E-state index in [1.807, 2.05) is 6.92 Å². The summed E-state index contributed by atoms with van der Waals surface area (Å²) >= 11 is 5.96. The monoisotopic (exact) mass is 465 g/mol. The van der Waals surface area contributed by atoms with Gasteiger partial charge in [-0.25, -0.2) is 4.98 Å². The van der Waals surface area contributed by atoms with E-state index in [4.69, 9.17) is 16.3 Å². The van der Waals surface area contributed by atoms with E-state index < -0.39 is 28.7 Å². The highest BCUT2D eigenvalue weighted by molar-refractivity contribution is 6.34. The molecule has 0 bridgehead atoms. The molecule has 1 aliphatic rings. The summed E-state index contributed by atoms with van der Waals surface area (Å²) in [6, 6.07) is 6.32. The van der Waals surface area contributed by atoms with Gasteiger partial charge in [0, 0.05) is 19.2 Å². The maximum absolute atomic E-state index is 13.2. The van der Waals surface area contributed by atoms with Crippen LogP contribution in [-0.2, 0) is 12.6 Å². The SMILES string of the molecule is CCOc1cccnc1-n1nnc2c1CCN(C(=O)c1cccc(C(F)(F)F)c1Cl)[C@@H]2C. The fraction of sp³-hybridized carbons (Fsp3) is 0.333. The van der Waals surface area contributed by atoms with Crippen molar-refractivity contribution in [3.05, 3.63) is 64.1 Å². The number of fused-ring (bicyclic) bond motifs is 1. The van der Waals surface area contributed by atoms with Gasteiger partial charge in [0.1, 0.15) is 5.69 Å². The molecule has 0 radical (unpaired) electrons. The average molecular weight is 466 g/mol. The van der Waals surface area contributed by atoms with E-state index in [1.54, 1.807) is 29.9 Å². The van der Waals surface area contributed by atoms with Crippen LogP contribution in [0, 0.1) is 0 Å². The molecule has 7 nitrogen and oxygen atoms in total. The molecule has 11 heteroatoms. The Hall–Kier alpha value is -3.14. The summed E-state index contributed by atoms with van der Waals surface area (Å²) < 4.78 is 46.8. The van der Waals surface area contributed by atoms with E-state index in [0.717, 1.165) is 11.8 Å². The smallest absolute Gasteiger partial charge is 0.417 e. The molecular formula is C21H19ClF3N5O2. The van der Waals surface area contributed by atoms with Crippen LogP contribution in [0.3, 0.4) is 0 Å². The summed E-state index contributed by atoms with van der Waals surface area (Å²) in [6.45, 7) is 4.31. The number of amides is 1. The van der Waals surface area contributed by atoms with Crippen molar-refractivity contribution in [3.63, 3.8) is 0 Å². The first-order valence-corrected chi connectivity index (χ1v) is 10.3. The normalized spacial score (nSPS) is 16.1. The number of ether oxygens (including phenoxy) is 1. The van der Waals surface area contributed by atoms with E-state index in [1.165, 1.54) is 17.0 Å². The summed E-state index contributed by atoms with van der Waals surface area (Å²) in [5, 5.41) is 7.82. The van der Waals surface area contributed by atoms with Crippen LogP contribution in [0.25, 0.3) is 5.82 Å². The lowest BCUT2D eigenvalue weighted by atomic mass is 10.0. The van der Waals surface area contributed by atoms with Crippen LogP contribution in [-0.4, -0.2) is 43.9 Å². The van der Waals surface area contributed by atoms with Gasteiger partial charge in [-0.05, 0) is 38.1 Å². The average Bonchev–Trinajstić information content (AvgIpc) is 3.18. The topological polar surface area (TPSA) is 73.1 Å². The van der Waals surface area contributed by atoms with Gasteiger partial charge in [0.25, 0.3) is 5.91 Å². The van der Waals surface area contributed by atoms with Crippen molar-refractivity contribution in [2.45, 2.75) is 32.5 Å². The van der Waals surface area contributed by atoms with Crippen molar-refractivity contribution in [1.29, 1.82) is 0 Å². The molecule has 4 rings (SSSR count). The Labute approximate surface area is 186 Å². The fourth-order valence-electron chi connectivity index (χ4n) is 3.77. The van der Waals surface area contributed by atoms with Crippen LogP contribution in [0.4, 0.5) is 13.2 Å². The Morgan fingerprint density at radius 2 is 2.06 bits per heavy atom. The third-order valence-electron chi connectivity index (χ3n) is 5.29. The van der Waals surface area contributed by atoms with E-state index in [9.17, 15) is 18.0 Å². The number of pyridine rings is 1. The molecule has 0 saturated carbocycles. The Bertz CT molecular complexity index is 1160. The molecule has 0 spiro atoms. The summed E-state index contributed by atoms with van der Waals surface area (Å²) in [7, 11) is 0. The number of carbonyl (C=O) groups excluding carboxylic acids is 1. The van der Waals surface area contributed by atoms with Crippen molar-refractivity contribution >= 4 is 17.5 Å². The number of carbonyl (C=O) groups is 1. The van der Waals surface area contributed by atoms with Crippen molar-refractivity contribution in [2.75, 3.05) is 13.2 Å². The molecule has 3 heterocycles. The van der Waals surface area contributed by atoms with Gasteiger partial charge in [0.15, 0.2) is 11.6 Å². The first-order chi connectivity index (χ1) is 15.2.